The van der Waals surface area contributed by atoms with Crippen LogP contribution in [-0.4, -0.2) is 10.2 Å². The molecule has 0 radical (unpaired) electrons. The predicted octanol–water partition coefficient (Wildman–Crippen LogP) is 4.01. The molecule has 0 aliphatic heterocycles. The van der Waals surface area contributed by atoms with E-state index in [9.17, 15) is 10.2 Å². The van der Waals surface area contributed by atoms with E-state index in [0.29, 0.717) is 12.2 Å². The Kier molecular flexibility index (Phi) is 3.16. The molecule has 0 saturated carbocycles. The number of aromatic hydroxyl groups is 1. The van der Waals surface area contributed by atoms with Gasteiger partial charge in [0.1, 0.15) is 5.75 Å². The van der Waals surface area contributed by atoms with Crippen LogP contribution in [0.3, 0.4) is 0 Å². The summed E-state index contributed by atoms with van der Waals surface area (Å²) < 4.78 is 0. The van der Waals surface area contributed by atoms with Crippen molar-refractivity contribution in [2.24, 2.45) is 0 Å². The second kappa shape index (κ2) is 4.46. The minimum Gasteiger partial charge on any atom is -0.512 e. The van der Waals surface area contributed by atoms with Gasteiger partial charge in [-0.05, 0) is 42.7 Å². The minimum atomic E-state index is -0.592. The van der Waals surface area contributed by atoms with Crippen molar-refractivity contribution in [3.63, 3.8) is 0 Å². The summed E-state index contributed by atoms with van der Waals surface area (Å²) in [5.41, 5.74) is 2.01. The fraction of sp³-hybridized carbons (Fsp3) is 0.286. The van der Waals surface area contributed by atoms with Crippen molar-refractivity contribution >= 4 is 11.6 Å². The van der Waals surface area contributed by atoms with Gasteiger partial charge in [-0.3, -0.25) is 0 Å². The quantitative estimate of drug-likeness (QED) is 0.779. The predicted molar refractivity (Wildman–Crippen MR) is 69.3 cm³/mol. The van der Waals surface area contributed by atoms with Gasteiger partial charge < -0.3 is 10.2 Å². The maximum Gasteiger partial charge on any atom is 0.115 e. The number of rotatable bonds is 2. The van der Waals surface area contributed by atoms with Crippen molar-refractivity contribution in [1.29, 1.82) is 0 Å². The SMILES string of the molecule is CC(Cl)(C1=CC=C(O)CC1)c1ccc(O)cc1. The van der Waals surface area contributed by atoms with Crippen LogP contribution in [0.15, 0.2) is 47.7 Å². The van der Waals surface area contributed by atoms with Crippen molar-refractivity contribution in [3.8, 4) is 5.75 Å². The smallest absolute Gasteiger partial charge is 0.115 e. The first kappa shape index (κ1) is 12.1. The fourth-order valence-electron chi connectivity index (χ4n) is 1.98. The highest BCUT2D eigenvalue weighted by atomic mass is 35.5. The van der Waals surface area contributed by atoms with Crippen molar-refractivity contribution in [3.05, 3.63) is 53.3 Å². The number of phenolic OH excluding ortho intramolecular Hbond substituents is 1. The second-order valence-corrected chi connectivity index (χ2v) is 5.16. The number of hydrogen-bond donors (Lipinski definition) is 2. The molecule has 1 aromatic carbocycles. The van der Waals surface area contributed by atoms with E-state index in [4.69, 9.17) is 11.6 Å². The van der Waals surface area contributed by atoms with Crippen LogP contribution >= 0.6 is 11.6 Å². The van der Waals surface area contributed by atoms with Crippen LogP contribution in [0, 0.1) is 0 Å². The lowest BCUT2D eigenvalue weighted by atomic mass is 9.86. The number of allylic oxidation sites excluding steroid dienone is 4. The van der Waals surface area contributed by atoms with Crippen LogP contribution in [0.25, 0.3) is 0 Å². The molecule has 1 aromatic rings. The molecule has 90 valence electrons. The molecule has 1 atom stereocenters. The lowest BCUT2D eigenvalue weighted by molar-refractivity contribution is 0.383. The van der Waals surface area contributed by atoms with Gasteiger partial charge in [0.2, 0.25) is 0 Å². The van der Waals surface area contributed by atoms with Gasteiger partial charge in [-0.15, -0.1) is 11.6 Å². The van der Waals surface area contributed by atoms with Crippen LogP contribution in [0.1, 0.15) is 25.3 Å². The van der Waals surface area contributed by atoms with E-state index in [1.54, 1.807) is 18.2 Å². The summed E-state index contributed by atoms with van der Waals surface area (Å²) in [6.07, 6.45) is 4.95. The van der Waals surface area contributed by atoms with E-state index in [1.807, 2.05) is 25.1 Å². The number of phenols is 1. The van der Waals surface area contributed by atoms with Crippen molar-refractivity contribution in [1.82, 2.24) is 0 Å². The molecular formula is C14H15ClO2. The van der Waals surface area contributed by atoms with Gasteiger partial charge in [-0.2, -0.15) is 0 Å². The lowest BCUT2D eigenvalue weighted by Gasteiger charge is -2.27. The van der Waals surface area contributed by atoms with E-state index >= 15 is 0 Å². The maximum absolute atomic E-state index is 9.34. The zero-order valence-corrected chi connectivity index (χ0v) is 10.4. The van der Waals surface area contributed by atoms with Crippen molar-refractivity contribution in [2.75, 3.05) is 0 Å². The molecule has 2 rings (SSSR count). The Labute approximate surface area is 106 Å². The highest BCUT2D eigenvalue weighted by molar-refractivity contribution is 6.25. The highest BCUT2D eigenvalue weighted by Gasteiger charge is 2.29. The van der Waals surface area contributed by atoms with Crippen LogP contribution in [-0.2, 0) is 4.87 Å². The molecule has 0 saturated heterocycles. The standard InChI is InChI=1S/C14H15ClO2/c1-14(15,10-2-6-12(16)7-3-10)11-4-8-13(17)9-5-11/h2-4,6-8,16-17H,5,9H2,1H3. The van der Waals surface area contributed by atoms with E-state index < -0.39 is 4.87 Å². The zero-order valence-electron chi connectivity index (χ0n) is 9.65. The number of aliphatic hydroxyl groups is 1. The summed E-state index contributed by atoms with van der Waals surface area (Å²) in [6, 6.07) is 6.90. The van der Waals surface area contributed by atoms with Crippen molar-refractivity contribution < 1.29 is 10.2 Å². The molecule has 0 heterocycles. The van der Waals surface area contributed by atoms with Gasteiger partial charge in [-0.1, -0.05) is 18.2 Å². The molecular weight excluding hydrogens is 236 g/mol. The fourth-order valence-corrected chi connectivity index (χ4v) is 2.26. The first-order valence-electron chi connectivity index (χ1n) is 5.58. The molecule has 17 heavy (non-hydrogen) atoms. The summed E-state index contributed by atoms with van der Waals surface area (Å²) in [4.78, 5) is -0.592. The van der Waals surface area contributed by atoms with Crippen LogP contribution < -0.4 is 0 Å². The summed E-state index contributed by atoms with van der Waals surface area (Å²) in [7, 11) is 0. The monoisotopic (exact) mass is 250 g/mol. The van der Waals surface area contributed by atoms with Gasteiger partial charge in [0.25, 0.3) is 0 Å². The largest absolute Gasteiger partial charge is 0.512 e. The molecule has 0 amide bonds. The van der Waals surface area contributed by atoms with E-state index in [-0.39, 0.29) is 5.75 Å². The molecule has 1 aliphatic carbocycles. The Morgan fingerprint density at radius 2 is 1.71 bits per heavy atom. The number of benzene rings is 1. The molecule has 0 bridgehead atoms. The Balaban J connectivity index is 2.33. The summed E-state index contributed by atoms with van der Waals surface area (Å²) in [5.74, 6) is 0.628. The number of alkyl halides is 1. The third kappa shape index (κ3) is 2.47. The first-order valence-corrected chi connectivity index (χ1v) is 5.95. The Bertz CT molecular complexity index is 470. The highest BCUT2D eigenvalue weighted by Crippen LogP contribution is 2.40. The topological polar surface area (TPSA) is 40.5 Å². The molecule has 2 N–H and O–H groups in total. The zero-order chi connectivity index (χ0) is 12.5. The molecule has 0 fully saturated rings. The van der Waals surface area contributed by atoms with Crippen LogP contribution in [0.5, 0.6) is 5.75 Å². The molecule has 0 spiro atoms. The van der Waals surface area contributed by atoms with Crippen LogP contribution in [0.2, 0.25) is 0 Å². The third-order valence-corrected chi connectivity index (χ3v) is 3.60. The third-order valence-electron chi connectivity index (χ3n) is 3.14. The normalized spacial score (nSPS) is 19.2. The summed E-state index contributed by atoms with van der Waals surface area (Å²) >= 11 is 6.58. The van der Waals surface area contributed by atoms with Gasteiger partial charge in [-0.25, -0.2) is 0 Å². The maximum atomic E-state index is 9.34. The number of hydrogen-bond acceptors (Lipinski definition) is 2. The minimum absolute atomic E-state index is 0.233. The van der Waals surface area contributed by atoms with E-state index in [0.717, 1.165) is 17.6 Å². The first-order chi connectivity index (χ1) is 8.00. The Morgan fingerprint density at radius 1 is 1.06 bits per heavy atom. The van der Waals surface area contributed by atoms with Gasteiger partial charge in [0.05, 0.1) is 10.6 Å². The van der Waals surface area contributed by atoms with Gasteiger partial charge in [0, 0.05) is 6.42 Å². The van der Waals surface area contributed by atoms with E-state index in [2.05, 4.69) is 0 Å². The Hall–Kier alpha value is -1.41. The molecule has 1 unspecified atom stereocenters. The Morgan fingerprint density at radius 3 is 2.24 bits per heavy atom. The molecule has 0 aromatic heterocycles. The van der Waals surface area contributed by atoms with Crippen LogP contribution in [0.4, 0.5) is 0 Å². The average Bonchev–Trinajstić information content (AvgIpc) is 2.30. The van der Waals surface area contributed by atoms with Gasteiger partial charge >= 0.3 is 0 Å². The summed E-state index contributed by atoms with van der Waals surface area (Å²) in [5, 5.41) is 18.6. The number of halogens is 1. The van der Waals surface area contributed by atoms with Crippen molar-refractivity contribution in [2.45, 2.75) is 24.6 Å². The molecule has 1 aliphatic rings. The molecule has 2 nitrogen and oxygen atoms in total. The lowest BCUT2D eigenvalue weighted by Crippen LogP contribution is -2.18. The van der Waals surface area contributed by atoms with Gasteiger partial charge in [0.15, 0.2) is 0 Å². The molecule has 3 heteroatoms. The second-order valence-electron chi connectivity index (χ2n) is 4.40. The van der Waals surface area contributed by atoms with E-state index in [1.165, 1.54) is 0 Å². The number of aliphatic hydroxyl groups excluding tert-OH is 1. The average molecular weight is 251 g/mol. The summed E-state index contributed by atoms with van der Waals surface area (Å²) in [6.45, 7) is 1.93.